The van der Waals surface area contributed by atoms with Crippen LogP contribution in [0.4, 0.5) is 13.2 Å². The Morgan fingerprint density at radius 2 is 1.78 bits per heavy atom. The Morgan fingerprint density at radius 3 is 2.41 bits per heavy atom. The fourth-order valence-corrected chi connectivity index (χ4v) is 3.97. The van der Waals surface area contributed by atoms with E-state index in [1.807, 2.05) is 25.1 Å². The molecule has 2 aromatic rings. The van der Waals surface area contributed by atoms with Gasteiger partial charge in [-0.2, -0.15) is 13.2 Å². The summed E-state index contributed by atoms with van der Waals surface area (Å²) in [5.74, 6) is 0.678. The summed E-state index contributed by atoms with van der Waals surface area (Å²) in [5.41, 5.74) is 2.82. The molecule has 146 valence electrons. The second-order valence-electron chi connectivity index (χ2n) is 7.26. The Balaban J connectivity index is 1.80. The number of halogens is 4. The van der Waals surface area contributed by atoms with Gasteiger partial charge in [0.2, 0.25) is 0 Å². The fourth-order valence-electron chi connectivity index (χ4n) is 3.80. The number of ether oxygens (including phenoxy) is 1. The molecule has 3 rings (SSSR count). The first-order valence-electron chi connectivity index (χ1n) is 9.37. The van der Waals surface area contributed by atoms with Crippen LogP contribution in [0.25, 0.3) is 0 Å². The molecule has 1 fully saturated rings. The van der Waals surface area contributed by atoms with E-state index in [9.17, 15) is 13.2 Å². The van der Waals surface area contributed by atoms with Gasteiger partial charge in [-0.05, 0) is 60.1 Å². The fraction of sp³-hybridized carbons (Fsp3) is 0.455. The van der Waals surface area contributed by atoms with Gasteiger partial charge in [0, 0.05) is 5.88 Å². The second kappa shape index (κ2) is 8.55. The Morgan fingerprint density at radius 1 is 1.04 bits per heavy atom. The highest BCUT2D eigenvalue weighted by Crippen LogP contribution is 2.42. The zero-order valence-electron chi connectivity index (χ0n) is 15.4. The minimum absolute atomic E-state index is 0.00485. The van der Waals surface area contributed by atoms with E-state index in [0.29, 0.717) is 11.4 Å². The van der Waals surface area contributed by atoms with Crippen LogP contribution in [-0.2, 0) is 18.7 Å². The zero-order valence-corrected chi connectivity index (χ0v) is 16.2. The van der Waals surface area contributed by atoms with E-state index in [1.54, 1.807) is 12.1 Å². The van der Waals surface area contributed by atoms with E-state index in [-0.39, 0.29) is 18.3 Å². The Hall–Kier alpha value is -1.68. The molecule has 0 radical (unpaired) electrons. The van der Waals surface area contributed by atoms with E-state index in [2.05, 4.69) is 0 Å². The van der Waals surface area contributed by atoms with Gasteiger partial charge in [-0.3, -0.25) is 0 Å². The molecular formula is C22H24ClF3O. The van der Waals surface area contributed by atoms with Crippen LogP contribution in [0.15, 0.2) is 36.4 Å². The molecule has 27 heavy (non-hydrogen) atoms. The summed E-state index contributed by atoms with van der Waals surface area (Å²) in [5, 5.41) is 0. The van der Waals surface area contributed by atoms with Crippen molar-refractivity contribution in [1.29, 1.82) is 0 Å². The minimum Gasteiger partial charge on any atom is -0.489 e. The molecule has 0 spiro atoms. The summed E-state index contributed by atoms with van der Waals surface area (Å²) in [7, 11) is 0. The molecule has 0 unspecified atom stereocenters. The van der Waals surface area contributed by atoms with Crippen molar-refractivity contribution >= 4 is 11.6 Å². The van der Waals surface area contributed by atoms with Crippen molar-refractivity contribution in [3.8, 4) is 5.75 Å². The molecule has 0 atom stereocenters. The molecule has 0 aromatic heterocycles. The van der Waals surface area contributed by atoms with E-state index in [4.69, 9.17) is 16.3 Å². The molecule has 0 saturated heterocycles. The summed E-state index contributed by atoms with van der Waals surface area (Å²) in [6.45, 7) is 2.18. The van der Waals surface area contributed by atoms with E-state index in [0.717, 1.165) is 54.9 Å². The van der Waals surface area contributed by atoms with Gasteiger partial charge in [-0.15, -0.1) is 11.6 Å². The minimum atomic E-state index is -4.37. The molecule has 2 aromatic carbocycles. The predicted molar refractivity (Wildman–Crippen MR) is 102 cm³/mol. The summed E-state index contributed by atoms with van der Waals surface area (Å²) in [6, 6.07) is 10.2. The van der Waals surface area contributed by atoms with Gasteiger partial charge in [-0.1, -0.05) is 43.5 Å². The van der Waals surface area contributed by atoms with E-state index < -0.39 is 11.7 Å². The number of hydrogen-bond donors (Lipinski definition) is 0. The molecule has 1 saturated carbocycles. The Kier molecular flexibility index (Phi) is 6.36. The SMILES string of the molecule is Cc1cc(CCl)ccc1COc1ccc(C2CCCCC2)c(C(F)(F)F)c1. The van der Waals surface area contributed by atoms with Gasteiger partial charge in [-0.25, -0.2) is 0 Å². The monoisotopic (exact) mass is 396 g/mol. The molecular weight excluding hydrogens is 373 g/mol. The number of benzene rings is 2. The van der Waals surface area contributed by atoms with E-state index in [1.165, 1.54) is 0 Å². The summed E-state index contributed by atoms with van der Waals surface area (Å²) in [4.78, 5) is 0. The lowest BCUT2D eigenvalue weighted by Crippen LogP contribution is -2.14. The molecule has 0 bridgehead atoms. The predicted octanol–water partition coefficient (Wildman–Crippen LogP) is 7.38. The Bertz CT molecular complexity index is 780. The maximum Gasteiger partial charge on any atom is 0.416 e. The highest BCUT2D eigenvalue weighted by Gasteiger charge is 2.36. The van der Waals surface area contributed by atoms with Gasteiger partial charge < -0.3 is 4.74 Å². The highest BCUT2D eigenvalue weighted by molar-refractivity contribution is 6.17. The highest BCUT2D eigenvalue weighted by atomic mass is 35.5. The first-order valence-corrected chi connectivity index (χ1v) is 9.90. The van der Waals surface area contributed by atoms with Crippen LogP contribution in [0.5, 0.6) is 5.75 Å². The third kappa shape index (κ3) is 4.98. The van der Waals surface area contributed by atoms with Crippen molar-refractivity contribution in [2.45, 2.75) is 63.6 Å². The van der Waals surface area contributed by atoms with Crippen LogP contribution < -0.4 is 4.74 Å². The van der Waals surface area contributed by atoms with Crippen molar-refractivity contribution in [3.63, 3.8) is 0 Å². The molecule has 0 aliphatic heterocycles. The van der Waals surface area contributed by atoms with Crippen molar-refractivity contribution in [2.75, 3.05) is 0 Å². The molecule has 1 nitrogen and oxygen atoms in total. The topological polar surface area (TPSA) is 9.23 Å². The zero-order chi connectivity index (χ0) is 19.4. The number of aryl methyl sites for hydroxylation is 1. The van der Waals surface area contributed by atoms with Gasteiger partial charge >= 0.3 is 6.18 Å². The first-order chi connectivity index (χ1) is 12.9. The van der Waals surface area contributed by atoms with Crippen molar-refractivity contribution in [1.82, 2.24) is 0 Å². The molecule has 0 N–H and O–H groups in total. The molecule has 0 amide bonds. The van der Waals surface area contributed by atoms with Crippen molar-refractivity contribution < 1.29 is 17.9 Å². The quantitative estimate of drug-likeness (QED) is 0.479. The molecule has 1 aliphatic carbocycles. The summed E-state index contributed by atoms with van der Waals surface area (Å²) in [6.07, 6.45) is 0.394. The smallest absolute Gasteiger partial charge is 0.416 e. The van der Waals surface area contributed by atoms with Crippen LogP contribution in [0.1, 0.15) is 65.8 Å². The lowest BCUT2D eigenvalue weighted by molar-refractivity contribution is -0.138. The maximum atomic E-state index is 13.6. The summed E-state index contributed by atoms with van der Waals surface area (Å²) < 4.78 is 46.6. The average Bonchev–Trinajstić information content (AvgIpc) is 2.67. The first kappa shape index (κ1) is 20.1. The van der Waals surface area contributed by atoms with Gasteiger partial charge in [0.1, 0.15) is 12.4 Å². The van der Waals surface area contributed by atoms with Crippen LogP contribution in [-0.4, -0.2) is 0 Å². The third-order valence-corrected chi connectivity index (χ3v) is 5.64. The normalized spacial score (nSPS) is 15.7. The van der Waals surface area contributed by atoms with Crippen LogP contribution in [0.3, 0.4) is 0 Å². The largest absolute Gasteiger partial charge is 0.489 e. The van der Waals surface area contributed by atoms with Crippen LogP contribution >= 0.6 is 11.6 Å². The van der Waals surface area contributed by atoms with Gasteiger partial charge in [0.15, 0.2) is 0 Å². The standard InChI is InChI=1S/C22H24ClF3O/c1-15-11-16(13-23)7-8-18(15)14-27-19-9-10-20(17-5-3-2-4-6-17)21(12-19)22(24,25)26/h7-12,17H,2-6,13-14H2,1H3. The number of alkyl halides is 4. The average molecular weight is 397 g/mol. The van der Waals surface area contributed by atoms with Gasteiger partial charge in [0.05, 0.1) is 5.56 Å². The maximum absolute atomic E-state index is 13.6. The third-order valence-electron chi connectivity index (χ3n) is 5.33. The Labute approximate surface area is 163 Å². The van der Waals surface area contributed by atoms with Crippen molar-refractivity contribution in [3.05, 3.63) is 64.2 Å². The molecule has 1 aliphatic rings. The summed E-state index contributed by atoms with van der Waals surface area (Å²) >= 11 is 5.83. The molecule has 5 heteroatoms. The number of rotatable bonds is 5. The van der Waals surface area contributed by atoms with Gasteiger partial charge in [0.25, 0.3) is 0 Å². The lowest BCUT2D eigenvalue weighted by Gasteiger charge is -2.25. The molecule has 0 heterocycles. The van der Waals surface area contributed by atoms with Crippen LogP contribution in [0.2, 0.25) is 0 Å². The second-order valence-corrected chi connectivity index (χ2v) is 7.53. The van der Waals surface area contributed by atoms with Crippen LogP contribution in [0, 0.1) is 6.92 Å². The lowest BCUT2D eigenvalue weighted by atomic mass is 9.82. The van der Waals surface area contributed by atoms with E-state index >= 15 is 0 Å². The number of hydrogen-bond acceptors (Lipinski definition) is 1. The van der Waals surface area contributed by atoms with Crippen molar-refractivity contribution in [2.24, 2.45) is 0 Å².